The van der Waals surface area contributed by atoms with E-state index in [4.69, 9.17) is 5.11 Å². The number of rotatable bonds is 2. The molecular formula is C17H18N4O3. The number of fused-ring (bicyclic) bond motifs is 3. The first-order chi connectivity index (χ1) is 11.6. The van der Waals surface area contributed by atoms with E-state index in [1.807, 2.05) is 12.1 Å². The molecule has 1 saturated heterocycles. The Balaban J connectivity index is 1.69. The molecule has 2 aliphatic heterocycles. The Morgan fingerprint density at radius 3 is 2.83 bits per heavy atom. The summed E-state index contributed by atoms with van der Waals surface area (Å²) in [4.78, 5) is 24.1. The van der Waals surface area contributed by atoms with E-state index < -0.39 is 5.97 Å². The summed E-state index contributed by atoms with van der Waals surface area (Å²) in [5, 5.41) is 19.1. The number of aromatic nitrogens is 2. The Kier molecular flexibility index (Phi) is 3.57. The van der Waals surface area contributed by atoms with E-state index in [9.17, 15) is 9.90 Å². The molecule has 0 aromatic carbocycles. The van der Waals surface area contributed by atoms with Crippen molar-refractivity contribution in [3.05, 3.63) is 47.8 Å². The second kappa shape index (κ2) is 5.76. The molecule has 2 aliphatic rings. The van der Waals surface area contributed by atoms with Crippen LogP contribution in [0.3, 0.4) is 0 Å². The van der Waals surface area contributed by atoms with Crippen molar-refractivity contribution >= 4 is 17.6 Å². The smallest absolute Gasteiger partial charge is 0.337 e. The average molecular weight is 326 g/mol. The molecule has 0 amide bonds. The highest BCUT2D eigenvalue weighted by Gasteiger charge is 2.36. The summed E-state index contributed by atoms with van der Waals surface area (Å²) in [6.45, 7) is 1.96. The number of nitrogens with zero attached hydrogens (tertiary/aromatic N) is 4. The monoisotopic (exact) mass is 326 g/mol. The first kappa shape index (κ1) is 14.9. The number of hydrogen-bond donors (Lipinski definition) is 2. The summed E-state index contributed by atoms with van der Waals surface area (Å²) in [6.07, 6.45) is 3.50. The first-order valence-electron chi connectivity index (χ1n) is 7.94. The molecule has 24 heavy (non-hydrogen) atoms. The molecule has 0 unspecified atom stereocenters. The zero-order valence-electron chi connectivity index (χ0n) is 13.0. The van der Waals surface area contributed by atoms with Gasteiger partial charge in [-0.1, -0.05) is 6.07 Å². The van der Waals surface area contributed by atoms with Crippen LogP contribution < -0.4 is 9.80 Å². The average Bonchev–Trinajstić information content (AvgIpc) is 2.87. The SMILES string of the molecule is O=C(O)c1ccc(N2Cc3cccnc3N3C[C@H](O)C[C@H]3C2)nc1. The van der Waals surface area contributed by atoms with Gasteiger partial charge in [0.1, 0.15) is 11.6 Å². The lowest BCUT2D eigenvalue weighted by Gasteiger charge is -2.27. The van der Waals surface area contributed by atoms with Gasteiger partial charge in [0, 0.05) is 37.6 Å². The Bertz CT molecular complexity index is 765. The third-order valence-corrected chi connectivity index (χ3v) is 4.64. The second-order valence-corrected chi connectivity index (χ2v) is 6.27. The predicted octanol–water partition coefficient (Wildman–Crippen LogP) is 1.13. The van der Waals surface area contributed by atoms with Gasteiger partial charge in [-0.05, 0) is 24.6 Å². The van der Waals surface area contributed by atoms with Crippen molar-refractivity contribution in [1.29, 1.82) is 0 Å². The van der Waals surface area contributed by atoms with Crippen molar-refractivity contribution < 1.29 is 15.0 Å². The molecular weight excluding hydrogens is 308 g/mol. The number of aliphatic hydroxyl groups is 1. The van der Waals surface area contributed by atoms with Gasteiger partial charge < -0.3 is 20.0 Å². The number of aromatic carboxylic acids is 1. The van der Waals surface area contributed by atoms with Crippen LogP contribution in [0.25, 0.3) is 0 Å². The van der Waals surface area contributed by atoms with Crippen molar-refractivity contribution in [1.82, 2.24) is 9.97 Å². The molecule has 0 radical (unpaired) electrons. The second-order valence-electron chi connectivity index (χ2n) is 6.27. The molecule has 0 spiro atoms. The summed E-state index contributed by atoms with van der Waals surface area (Å²) in [6, 6.07) is 7.41. The predicted molar refractivity (Wildman–Crippen MR) is 88.2 cm³/mol. The van der Waals surface area contributed by atoms with E-state index in [0.29, 0.717) is 26.1 Å². The summed E-state index contributed by atoms with van der Waals surface area (Å²) in [5.74, 6) is 0.673. The normalized spacial score (nSPS) is 22.7. The minimum absolute atomic E-state index is 0.164. The molecule has 2 aromatic heterocycles. The van der Waals surface area contributed by atoms with Gasteiger partial charge in [0.05, 0.1) is 17.7 Å². The van der Waals surface area contributed by atoms with Crippen LogP contribution in [0.1, 0.15) is 22.3 Å². The number of carboxylic acid groups (broad SMARTS) is 1. The lowest BCUT2D eigenvalue weighted by atomic mass is 10.2. The highest BCUT2D eigenvalue weighted by atomic mass is 16.4. The molecule has 7 heteroatoms. The van der Waals surface area contributed by atoms with Gasteiger partial charge in [-0.2, -0.15) is 0 Å². The van der Waals surface area contributed by atoms with E-state index >= 15 is 0 Å². The minimum atomic E-state index is -0.982. The van der Waals surface area contributed by atoms with Crippen molar-refractivity contribution in [2.24, 2.45) is 0 Å². The third kappa shape index (κ3) is 2.56. The molecule has 0 bridgehead atoms. The zero-order valence-corrected chi connectivity index (χ0v) is 13.0. The van der Waals surface area contributed by atoms with Crippen molar-refractivity contribution in [2.45, 2.75) is 25.1 Å². The van der Waals surface area contributed by atoms with Crippen molar-refractivity contribution in [2.75, 3.05) is 22.9 Å². The van der Waals surface area contributed by atoms with Crippen LogP contribution in [-0.4, -0.2) is 51.4 Å². The third-order valence-electron chi connectivity index (χ3n) is 4.64. The largest absolute Gasteiger partial charge is 0.478 e. The molecule has 4 rings (SSSR count). The summed E-state index contributed by atoms with van der Waals surface area (Å²) in [5.41, 5.74) is 1.26. The standard InChI is InChI=1S/C17H18N4O3/c22-14-6-13-9-20(15-4-3-11(7-19-15)17(23)24)8-12-2-1-5-18-16(12)21(13)10-14/h1-5,7,13-14,22H,6,8-10H2,(H,23,24)/t13-,14+/m0/s1. The number of pyridine rings is 2. The molecule has 2 aromatic rings. The maximum absolute atomic E-state index is 11.0. The van der Waals surface area contributed by atoms with Gasteiger partial charge in [0.2, 0.25) is 0 Å². The van der Waals surface area contributed by atoms with Gasteiger partial charge in [0.15, 0.2) is 0 Å². The quantitative estimate of drug-likeness (QED) is 0.855. The fourth-order valence-electron chi connectivity index (χ4n) is 3.54. The summed E-state index contributed by atoms with van der Waals surface area (Å²) < 4.78 is 0. The molecule has 0 aliphatic carbocycles. The maximum Gasteiger partial charge on any atom is 0.337 e. The Morgan fingerprint density at radius 1 is 1.21 bits per heavy atom. The van der Waals surface area contributed by atoms with E-state index in [1.54, 1.807) is 18.3 Å². The summed E-state index contributed by atoms with van der Waals surface area (Å²) >= 11 is 0. The van der Waals surface area contributed by atoms with Gasteiger partial charge in [-0.25, -0.2) is 14.8 Å². The molecule has 2 atom stereocenters. The van der Waals surface area contributed by atoms with Gasteiger partial charge in [-0.3, -0.25) is 0 Å². The van der Waals surface area contributed by atoms with Crippen LogP contribution in [0.4, 0.5) is 11.6 Å². The molecule has 0 saturated carbocycles. The molecule has 1 fully saturated rings. The van der Waals surface area contributed by atoms with E-state index in [1.165, 1.54) is 6.20 Å². The number of carbonyl (C=O) groups is 1. The van der Waals surface area contributed by atoms with Gasteiger partial charge in [0.25, 0.3) is 0 Å². The van der Waals surface area contributed by atoms with Gasteiger partial charge >= 0.3 is 5.97 Å². The van der Waals surface area contributed by atoms with E-state index in [-0.39, 0.29) is 17.7 Å². The number of aliphatic hydroxyl groups excluding tert-OH is 1. The maximum atomic E-state index is 11.0. The van der Waals surface area contributed by atoms with Gasteiger partial charge in [-0.15, -0.1) is 0 Å². The van der Waals surface area contributed by atoms with Crippen LogP contribution in [0.15, 0.2) is 36.7 Å². The Labute approximate surface area is 139 Å². The van der Waals surface area contributed by atoms with Crippen LogP contribution >= 0.6 is 0 Å². The lowest BCUT2D eigenvalue weighted by molar-refractivity contribution is 0.0696. The van der Waals surface area contributed by atoms with Crippen molar-refractivity contribution in [3.63, 3.8) is 0 Å². The van der Waals surface area contributed by atoms with Crippen LogP contribution in [0.2, 0.25) is 0 Å². The van der Waals surface area contributed by atoms with Crippen LogP contribution in [-0.2, 0) is 6.54 Å². The first-order valence-corrected chi connectivity index (χ1v) is 7.94. The number of hydrogen-bond acceptors (Lipinski definition) is 6. The topological polar surface area (TPSA) is 89.8 Å². The Morgan fingerprint density at radius 2 is 2.08 bits per heavy atom. The highest BCUT2D eigenvalue weighted by Crippen LogP contribution is 2.33. The molecule has 2 N–H and O–H groups in total. The molecule has 124 valence electrons. The fourth-order valence-corrected chi connectivity index (χ4v) is 3.54. The molecule has 7 nitrogen and oxygen atoms in total. The lowest BCUT2D eigenvalue weighted by Crippen LogP contribution is -2.37. The Hall–Kier alpha value is -2.67. The highest BCUT2D eigenvalue weighted by molar-refractivity contribution is 5.87. The van der Waals surface area contributed by atoms with E-state index in [2.05, 4.69) is 19.8 Å². The summed E-state index contributed by atoms with van der Waals surface area (Å²) in [7, 11) is 0. The molecule has 4 heterocycles. The van der Waals surface area contributed by atoms with Crippen LogP contribution in [0.5, 0.6) is 0 Å². The number of carboxylic acids is 1. The van der Waals surface area contributed by atoms with Crippen LogP contribution in [0, 0.1) is 0 Å². The minimum Gasteiger partial charge on any atom is -0.478 e. The number of anilines is 2. The fraction of sp³-hybridized carbons (Fsp3) is 0.353. The van der Waals surface area contributed by atoms with Crippen molar-refractivity contribution in [3.8, 4) is 0 Å². The van der Waals surface area contributed by atoms with E-state index in [0.717, 1.165) is 17.2 Å². The zero-order chi connectivity index (χ0) is 16.7.